The molecule has 0 radical (unpaired) electrons. The van der Waals surface area contributed by atoms with Crippen LogP contribution in [0.4, 0.5) is 0 Å². The fourth-order valence-corrected chi connectivity index (χ4v) is 4.96. The first-order valence-corrected chi connectivity index (χ1v) is 11.3. The molecule has 26 heavy (non-hydrogen) atoms. The third kappa shape index (κ3) is 4.43. The molecule has 1 fully saturated rings. The minimum atomic E-state index is -3.17. The number of nitrogens with zero attached hydrogens (tertiary/aromatic N) is 2. The van der Waals surface area contributed by atoms with Crippen LogP contribution in [0.1, 0.15) is 28.2 Å². The van der Waals surface area contributed by atoms with Gasteiger partial charge in [0.25, 0.3) is 5.91 Å². The Morgan fingerprint density at radius 2 is 2.04 bits per heavy atom. The Bertz CT molecular complexity index is 919. The predicted octanol–water partition coefficient (Wildman–Crippen LogP) is 2.93. The van der Waals surface area contributed by atoms with Gasteiger partial charge in [0, 0.05) is 29.7 Å². The Morgan fingerprint density at radius 3 is 2.65 bits per heavy atom. The number of benzene rings is 1. The van der Waals surface area contributed by atoms with Crippen LogP contribution in [0, 0.1) is 6.92 Å². The van der Waals surface area contributed by atoms with Crippen molar-refractivity contribution in [1.29, 1.82) is 0 Å². The first-order valence-electron chi connectivity index (χ1n) is 8.23. The van der Waals surface area contributed by atoms with Gasteiger partial charge in [0.2, 0.25) is 10.0 Å². The molecule has 2 aromatic rings. The quantitative estimate of drug-likeness (QED) is 0.835. The largest absolute Gasteiger partial charge is 0.348 e. The Labute approximate surface area is 162 Å². The number of carbonyl (C=O) groups is 1. The molecule has 2 heterocycles. The molecule has 1 aliphatic rings. The summed E-state index contributed by atoms with van der Waals surface area (Å²) in [7, 11) is -3.17. The highest BCUT2D eigenvalue weighted by molar-refractivity contribution is 7.88. The molecule has 9 heteroatoms. The van der Waals surface area contributed by atoms with Gasteiger partial charge in [-0.25, -0.2) is 17.7 Å². The molecule has 1 saturated heterocycles. The number of hydrogen-bond donors (Lipinski definition) is 1. The lowest BCUT2D eigenvalue weighted by molar-refractivity contribution is 0.0927. The number of thiazole rings is 1. The van der Waals surface area contributed by atoms with Gasteiger partial charge in [0.1, 0.15) is 9.88 Å². The molecule has 1 aromatic carbocycles. The maximum atomic E-state index is 12.6. The number of hydrogen-bond acceptors (Lipinski definition) is 5. The number of carbonyl (C=O) groups excluding carboxylic acids is 1. The molecule has 140 valence electrons. The average molecular weight is 414 g/mol. The van der Waals surface area contributed by atoms with Gasteiger partial charge in [-0.1, -0.05) is 23.7 Å². The van der Waals surface area contributed by atoms with Gasteiger partial charge in [-0.2, -0.15) is 0 Å². The van der Waals surface area contributed by atoms with Gasteiger partial charge >= 0.3 is 0 Å². The monoisotopic (exact) mass is 413 g/mol. The summed E-state index contributed by atoms with van der Waals surface area (Å²) in [5.41, 5.74) is 1.56. The highest BCUT2D eigenvalue weighted by Gasteiger charge is 2.27. The Balaban J connectivity index is 1.68. The Morgan fingerprint density at radius 1 is 1.35 bits per heavy atom. The minimum Gasteiger partial charge on any atom is -0.348 e. The molecular formula is C17H20ClN3O3S2. The molecule has 1 amide bonds. The second kappa shape index (κ2) is 7.64. The molecule has 1 N–H and O–H groups in total. The van der Waals surface area contributed by atoms with Crippen molar-refractivity contribution in [3.05, 3.63) is 39.9 Å². The number of nitrogens with one attached hydrogen (secondary N) is 1. The number of rotatable bonds is 4. The zero-order chi connectivity index (χ0) is 18.9. The molecule has 0 unspecified atom stereocenters. The molecule has 6 nitrogen and oxygen atoms in total. The van der Waals surface area contributed by atoms with Crippen LogP contribution in [-0.2, 0) is 10.0 Å². The van der Waals surface area contributed by atoms with Crippen molar-refractivity contribution < 1.29 is 13.2 Å². The maximum absolute atomic E-state index is 12.6. The van der Waals surface area contributed by atoms with Crippen LogP contribution >= 0.6 is 22.9 Å². The van der Waals surface area contributed by atoms with Crippen molar-refractivity contribution in [1.82, 2.24) is 14.6 Å². The summed E-state index contributed by atoms with van der Waals surface area (Å²) >= 11 is 7.36. The van der Waals surface area contributed by atoms with Crippen molar-refractivity contribution >= 4 is 38.9 Å². The van der Waals surface area contributed by atoms with Crippen LogP contribution in [0.3, 0.4) is 0 Å². The lowest BCUT2D eigenvalue weighted by Gasteiger charge is -2.30. The number of amides is 1. The first-order chi connectivity index (χ1) is 12.2. The predicted molar refractivity (Wildman–Crippen MR) is 104 cm³/mol. The topological polar surface area (TPSA) is 79.4 Å². The van der Waals surface area contributed by atoms with Crippen LogP contribution < -0.4 is 5.32 Å². The van der Waals surface area contributed by atoms with Gasteiger partial charge in [0.05, 0.1) is 11.9 Å². The van der Waals surface area contributed by atoms with Gasteiger partial charge in [-0.3, -0.25) is 4.79 Å². The molecular weight excluding hydrogens is 394 g/mol. The van der Waals surface area contributed by atoms with Crippen molar-refractivity contribution in [2.45, 2.75) is 25.8 Å². The molecule has 0 bridgehead atoms. The van der Waals surface area contributed by atoms with E-state index >= 15 is 0 Å². The molecule has 1 aromatic heterocycles. The second-order valence-electron chi connectivity index (χ2n) is 6.35. The summed E-state index contributed by atoms with van der Waals surface area (Å²) in [5.74, 6) is -0.161. The van der Waals surface area contributed by atoms with E-state index in [4.69, 9.17) is 11.6 Å². The molecule has 3 rings (SSSR count). The van der Waals surface area contributed by atoms with E-state index in [1.165, 1.54) is 21.9 Å². The summed E-state index contributed by atoms with van der Waals surface area (Å²) in [5, 5.41) is 4.38. The minimum absolute atomic E-state index is 0.0309. The van der Waals surface area contributed by atoms with Crippen molar-refractivity contribution in [2.24, 2.45) is 0 Å². The molecule has 0 saturated carbocycles. The van der Waals surface area contributed by atoms with Crippen molar-refractivity contribution in [2.75, 3.05) is 19.3 Å². The highest BCUT2D eigenvalue weighted by atomic mass is 35.5. The van der Waals surface area contributed by atoms with E-state index in [0.717, 1.165) is 10.6 Å². The highest BCUT2D eigenvalue weighted by Crippen LogP contribution is 2.29. The normalized spacial score (nSPS) is 16.6. The van der Waals surface area contributed by atoms with E-state index in [2.05, 4.69) is 10.3 Å². The average Bonchev–Trinajstić information content (AvgIpc) is 2.96. The lowest BCUT2D eigenvalue weighted by atomic mass is 10.1. The zero-order valence-electron chi connectivity index (χ0n) is 14.5. The van der Waals surface area contributed by atoms with Gasteiger partial charge in [0.15, 0.2) is 0 Å². The number of halogens is 1. The van der Waals surface area contributed by atoms with Gasteiger partial charge in [-0.15, -0.1) is 11.3 Å². The first kappa shape index (κ1) is 19.3. The molecule has 0 spiro atoms. The van der Waals surface area contributed by atoms with E-state index in [9.17, 15) is 13.2 Å². The van der Waals surface area contributed by atoms with Crippen LogP contribution in [0.2, 0.25) is 5.02 Å². The summed E-state index contributed by atoms with van der Waals surface area (Å²) in [6.07, 6.45) is 2.43. The van der Waals surface area contributed by atoms with E-state index in [0.29, 0.717) is 41.5 Å². The third-order valence-electron chi connectivity index (χ3n) is 4.33. The summed E-state index contributed by atoms with van der Waals surface area (Å²) in [6.45, 7) is 2.67. The number of piperidine rings is 1. The van der Waals surface area contributed by atoms with Crippen molar-refractivity contribution in [3.63, 3.8) is 0 Å². The summed E-state index contributed by atoms with van der Waals surface area (Å²) < 4.78 is 24.6. The fraction of sp³-hybridized carbons (Fsp3) is 0.412. The van der Waals surface area contributed by atoms with Gasteiger partial charge < -0.3 is 5.32 Å². The van der Waals surface area contributed by atoms with Crippen LogP contribution in [0.5, 0.6) is 0 Å². The van der Waals surface area contributed by atoms with Crippen LogP contribution in [-0.4, -0.2) is 49.0 Å². The van der Waals surface area contributed by atoms with Crippen LogP contribution in [0.15, 0.2) is 24.3 Å². The SMILES string of the molecule is Cc1nc(-c2cccc(Cl)c2)sc1C(=O)NC1CCN(S(C)(=O)=O)CC1. The maximum Gasteiger partial charge on any atom is 0.263 e. The molecule has 0 aliphatic carbocycles. The van der Waals surface area contributed by atoms with Crippen LogP contribution in [0.25, 0.3) is 10.6 Å². The fourth-order valence-electron chi connectivity index (χ4n) is 2.93. The van der Waals surface area contributed by atoms with Gasteiger partial charge in [-0.05, 0) is 31.9 Å². The second-order valence-corrected chi connectivity index (χ2v) is 9.77. The summed E-state index contributed by atoms with van der Waals surface area (Å²) in [6, 6.07) is 7.34. The smallest absolute Gasteiger partial charge is 0.263 e. The zero-order valence-corrected chi connectivity index (χ0v) is 16.9. The Hall–Kier alpha value is -1.48. The van der Waals surface area contributed by atoms with Crippen molar-refractivity contribution in [3.8, 4) is 10.6 Å². The summed E-state index contributed by atoms with van der Waals surface area (Å²) in [4.78, 5) is 17.7. The number of aryl methyl sites for hydroxylation is 1. The van der Waals surface area contributed by atoms with E-state index in [1.807, 2.05) is 25.1 Å². The van der Waals surface area contributed by atoms with E-state index in [1.54, 1.807) is 6.07 Å². The van der Waals surface area contributed by atoms with E-state index < -0.39 is 10.0 Å². The Kier molecular flexibility index (Phi) is 5.67. The number of sulfonamides is 1. The molecule has 0 atom stereocenters. The van der Waals surface area contributed by atoms with E-state index in [-0.39, 0.29) is 11.9 Å². The number of aromatic nitrogens is 1. The third-order valence-corrected chi connectivity index (χ3v) is 7.08. The lowest BCUT2D eigenvalue weighted by Crippen LogP contribution is -2.46. The standard InChI is InChI=1S/C17H20ClN3O3S2/c1-11-15(25-17(19-11)12-4-3-5-13(18)10-12)16(22)20-14-6-8-21(9-7-14)26(2,23)24/h3-5,10,14H,6-9H2,1-2H3,(H,20,22). The molecule has 1 aliphatic heterocycles.